The highest BCUT2D eigenvalue weighted by Crippen LogP contribution is 2.23. The maximum absolute atomic E-state index is 11.3. The van der Waals surface area contributed by atoms with Crippen LogP contribution in [0.3, 0.4) is 0 Å². The Morgan fingerprint density at radius 1 is 1.45 bits per heavy atom. The molecule has 0 aliphatic carbocycles. The third-order valence-electron chi connectivity index (χ3n) is 3.06. The Balaban J connectivity index is 1.87. The molecule has 104 valence electrons. The van der Waals surface area contributed by atoms with E-state index < -0.39 is 0 Å². The maximum Gasteiger partial charge on any atom is 0.250 e. The quantitative estimate of drug-likeness (QED) is 0.794. The number of anilines is 1. The van der Waals surface area contributed by atoms with Crippen molar-refractivity contribution in [3.05, 3.63) is 46.0 Å². The van der Waals surface area contributed by atoms with E-state index >= 15 is 0 Å². The molecule has 3 aromatic heterocycles. The number of nitrogens with one attached hydrogen (secondary N) is 1. The highest BCUT2D eigenvalue weighted by Gasteiger charge is 2.13. The number of rotatable bonds is 4. The van der Waals surface area contributed by atoms with Crippen molar-refractivity contribution in [2.24, 2.45) is 7.05 Å². The van der Waals surface area contributed by atoms with Crippen molar-refractivity contribution in [3.8, 4) is 5.88 Å². The summed E-state index contributed by atoms with van der Waals surface area (Å²) in [5.74, 6) is 0.620. The summed E-state index contributed by atoms with van der Waals surface area (Å²) in [5.41, 5.74) is 1.80. The number of fused-ring (bicyclic) bond motifs is 1. The normalized spacial score (nSPS) is 10.9. The van der Waals surface area contributed by atoms with E-state index in [0.29, 0.717) is 12.4 Å². The molecule has 0 aromatic carbocycles. The molecule has 0 amide bonds. The van der Waals surface area contributed by atoms with E-state index in [4.69, 9.17) is 4.74 Å². The van der Waals surface area contributed by atoms with E-state index in [-0.39, 0.29) is 5.56 Å². The SMILES string of the molecule is COc1nc2sccn2c1CNc1ccc(=O)n(C)c1. The summed E-state index contributed by atoms with van der Waals surface area (Å²) in [7, 11) is 3.34. The number of pyridine rings is 1. The summed E-state index contributed by atoms with van der Waals surface area (Å²) in [6.07, 6.45) is 3.73. The summed E-state index contributed by atoms with van der Waals surface area (Å²) in [4.78, 5) is 16.6. The second-order valence-electron chi connectivity index (χ2n) is 4.34. The van der Waals surface area contributed by atoms with E-state index in [2.05, 4.69) is 10.3 Å². The minimum absolute atomic E-state index is 0.0299. The second kappa shape index (κ2) is 5.01. The zero-order chi connectivity index (χ0) is 14.1. The summed E-state index contributed by atoms with van der Waals surface area (Å²) in [6, 6.07) is 3.30. The van der Waals surface area contributed by atoms with Crippen LogP contribution in [0, 0.1) is 0 Å². The Morgan fingerprint density at radius 3 is 3.05 bits per heavy atom. The zero-order valence-electron chi connectivity index (χ0n) is 11.2. The van der Waals surface area contributed by atoms with Crippen LogP contribution in [0.2, 0.25) is 0 Å². The van der Waals surface area contributed by atoms with Gasteiger partial charge in [0.1, 0.15) is 5.69 Å². The molecule has 0 atom stereocenters. The Hall–Kier alpha value is -2.28. The molecule has 3 aromatic rings. The topological polar surface area (TPSA) is 60.6 Å². The standard InChI is InChI=1S/C13H14N4O2S/c1-16-8-9(3-4-11(16)18)14-7-10-12(19-2)15-13-17(10)5-6-20-13/h3-6,8,14H,7H2,1-2H3. The number of nitrogens with zero attached hydrogens (tertiary/aromatic N) is 3. The number of aryl methyl sites for hydroxylation is 1. The highest BCUT2D eigenvalue weighted by molar-refractivity contribution is 7.15. The molecule has 7 heteroatoms. The lowest BCUT2D eigenvalue weighted by molar-refractivity contribution is 0.395. The van der Waals surface area contributed by atoms with Gasteiger partial charge in [0.05, 0.1) is 19.3 Å². The Bertz CT molecular complexity index is 802. The minimum Gasteiger partial charge on any atom is -0.480 e. The first-order valence-electron chi connectivity index (χ1n) is 6.08. The fraction of sp³-hybridized carbons (Fsp3) is 0.231. The van der Waals surface area contributed by atoms with E-state index in [1.54, 1.807) is 37.8 Å². The molecule has 0 saturated heterocycles. The van der Waals surface area contributed by atoms with Crippen molar-refractivity contribution in [2.45, 2.75) is 6.54 Å². The predicted octanol–water partition coefficient (Wildman–Crippen LogP) is 1.72. The highest BCUT2D eigenvalue weighted by atomic mass is 32.1. The van der Waals surface area contributed by atoms with Gasteiger partial charge < -0.3 is 14.6 Å². The van der Waals surface area contributed by atoms with Gasteiger partial charge in [0.15, 0.2) is 4.96 Å². The lowest BCUT2D eigenvalue weighted by atomic mass is 10.3. The van der Waals surface area contributed by atoms with Crippen LogP contribution in [0.5, 0.6) is 5.88 Å². The number of hydrogen-bond acceptors (Lipinski definition) is 5. The van der Waals surface area contributed by atoms with Gasteiger partial charge in [-0.15, -0.1) is 11.3 Å². The van der Waals surface area contributed by atoms with Gasteiger partial charge >= 0.3 is 0 Å². The first-order chi connectivity index (χ1) is 9.69. The number of imidazole rings is 1. The third kappa shape index (κ3) is 2.16. The molecule has 3 heterocycles. The zero-order valence-corrected chi connectivity index (χ0v) is 12.0. The van der Waals surface area contributed by atoms with Crippen molar-refractivity contribution in [3.63, 3.8) is 0 Å². The molecule has 0 unspecified atom stereocenters. The van der Waals surface area contributed by atoms with Crippen molar-refractivity contribution in [2.75, 3.05) is 12.4 Å². The number of thiazole rings is 1. The molecule has 0 aliphatic rings. The average molecular weight is 290 g/mol. The Morgan fingerprint density at radius 2 is 2.30 bits per heavy atom. The number of hydrogen-bond donors (Lipinski definition) is 1. The molecule has 20 heavy (non-hydrogen) atoms. The van der Waals surface area contributed by atoms with Crippen LogP contribution >= 0.6 is 11.3 Å². The fourth-order valence-electron chi connectivity index (χ4n) is 2.02. The van der Waals surface area contributed by atoms with Crippen molar-refractivity contribution < 1.29 is 4.74 Å². The lowest BCUT2D eigenvalue weighted by Gasteiger charge is -2.08. The maximum atomic E-state index is 11.3. The number of aromatic nitrogens is 3. The van der Waals surface area contributed by atoms with Crippen LogP contribution in [0.1, 0.15) is 5.69 Å². The molecule has 0 aliphatic heterocycles. The number of methoxy groups -OCH3 is 1. The molecule has 0 radical (unpaired) electrons. The van der Waals surface area contributed by atoms with Crippen molar-refractivity contribution >= 4 is 22.0 Å². The van der Waals surface area contributed by atoms with Crippen molar-refractivity contribution in [1.29, 1.82) is 0 Å². The molecule has 0 fully saturated rings. The van der Waals surface area contributed by atoms with Crippen LogP contribution in [0.4, 0.5) is 5.69 Å². The smallest absolute Gasteiger partial charge is 0.250 e. The van der Waals surface area contributed by atoms with Gasteiger partial charge in [0.25, 0.3) is 0 Å². The molecule has 0 bridgehead atoms. The van der Waals surface area contributed by atoms with Crippen LogP contribution in [-0.4, -0.2) is 21.1 Å². The largest absolute Gasteiger partial charge is 0.480 e. The number of ether oxygens (including phenoxy) is 1. The summed E-state index contributed by atoms with van der Waals surface area (Å²) in [5, 5.41) is 5.26. The molecule has 3 rings (SSSR count). The van der Waals surface area contributed by atoms with Crippen LogP contribution in [0.15, 0.2) is 34.7 Å². The van der Waals surface area contributed by atoms with Gasteiger partial charge in [-0.25, -0.2) is 0 Å². The van der Waals surface area contributed by atoms with Crippen LogP contribution in [0.25, 0.3) is 4.96 Å². The summed E-state index contributed by atoms with van der Waals surface area (Å²) >= 11 is 1.56. The van der Waals surface area contributed by atoms with Gasteiger partial charge in [-0.3, -0.25) is 9.20 Å². The van der Waals surface area contributed by atoms with Gasteiger partial charge in [-0.05, 0) is 6.07 Å². The predicted molar refractivity (Wildman–Crippen MR) is 78.6 cm³/mol. The van der Waals surface area contributed by atoms with Crippen LogP contribution in [-0.2, 0) is 13.6 Å². The first-order valence-corrected chi connectivity index (χ1v) is 6.96. The minimum atomic E-state index is -0.0299. The molecule has 6 nitrogen and oxygen atoms in total. The van der Waals surface area contributed by atoms with Crippen molar-refractivity contribution in [1.82, 2.24) is 14.0 Å². The van der Waals surface area contributed by atoms with E-state index in [1.807, 2.05) is 16.0 Å². The molecule has 0 saturated carbocycles. The molecule has 0 spiro atoms. The fourth-order valence-corrected chi connectivity index (χ4v) is 2.75. The van der Waals surface area contributed by atoms with Gasteiger partial charge in [0, 0.05) is 30.9 Å². The molecular formula is C13H14N4O2S. The van der Waals surface area contributed by atoms with Crippen LogP contribution < -0.4 is 15.6 Å². The summed E-state index contributed by atoms with van der Waals surface area (Å²) in [6.45, 7) is 0.569. The lowest BCUT2D eigenvalue weighted by Crippen LogP contribution is -2.15. The average Bonchev–Trinajstić information content (AvgIpc) is 3.00. The van der Waals surface area contributed by atoms with E-state index in [9.17, 15) is 4.79 Å². The van der Waals surface area contributed by atoms with E-state index in [1.165, 1.54) is 10.6 Å². The molecular weight excluding hydrogens is 276 g/mol. The monoisotopic (exact) mass is 290 g/mol. The van der Waals surface area contributed by atoms with E-state index in [0.717, 1.165) is 16.3 Å². The third-order valence-corrected chi connectivity index (χ3v) is 3.82. The first kappa shape index (κ1) is 12.7. The second-order valence-corrected chi connectivity index (χ2v) is 5.22. The molecule has 1 N–H and O–H groups in total. The van der Waals surface area contributed by atoms with Gasteiger partial charge in [0.2, 0.25) is 11.4 Å². The Labute approximate surface area is 119 Å². The van der Waals surface area contributed by atoms with Gasteiger partial charge in [-0.1, -0.05) is 0 Å². The summed E-state index contributed by atoms with van der Waals surface area (Å²) < 4.78 is 8.84. The van der Waals surface area contributed by atoms with Gasteiger partial charge in [-0.2, -0.15) is 4.98 Å². The Kier molecular flexibility index (Phi) is 3.19.